The molecule has 0 atom stereocenters. The number of carbonyl (C=O) groups excluding carboxylic acids is 1. The van der Waals surface area contributed by atoms with E-state index in [0.717, 1.165) is 17.8 Å². The molecule has 104 valence electrons. The lowest BCUT2D eigenvalue weighted by atomic mass is 10.1. The fraction of sp³-hybridized carbons (Fsp3) is 0.312. The van der Waals surface area contributed by atoms with Crippen molar-refractivity contribution in [2.24, 2.45) is 0 Å². The van der Waals surface area contributed by atoms with Crippen LogP contribution in [-0.2, 0) is 17.8 Å². The van der Waals surface area contributed by atoms with E-state index in [2.05, 4.69) is 34.6 Å². The highest BCUT2D eigenvalue weighted by Crippen LogP contribution is 2.06. The molecule has 0 aliphatic rings. The molecule has 0 spiro atoms. The van der Waals surface area contributed by atoms with Crippen molar-refractivity contribution in [3.05, 3.63) is 58.9 Å². The van der Waals surface area contributed by atoms with Gasteiger partial charge in [-0.2, -0.15) is 10.2 Å². The maximum atomic E-state index is 11.8. The maximum Gasteiger partial charge on any atom is 0.220 e. The molecule has 1 heterocycles. The van der Waals surface area contributed by atoms with Crippen molar-refractivity contribution in [1.82, 2.24) is 15.5 Å². The third-order valence-corrected chi connectivity index (χ3v) is 3.04. The Labute approximate surface area is 119 Å². The number of nitrogens with one attached hydrogen (secondary N) is 1. The third kappa shape index (κ3) is 4.46. The zero-order chi connectivity index (χ0) is 14.4. The summed E-state index contributed by atoms with van der Waals surface area (Å²) in [6.07, 6.45) is 1.25. The maximum absolute atomic E-state index is 11.8. The van der Waals surface area contributed by atoms with Gasteiger partial charge < -0.3 is 5.32 Å². The average molecular weight is 269 g/mol. The highest BCUT2D eigenvalue weighted by atomic mass is 16.1. The number of hydrogen-bond donors (Lipinski definition) is 1. The molecule has 0 unspecified atom stereocenters. The van der Waals surface area contributed by atoms with Crippen LogP contribution in [-0.4, -0.2) is 16.1 Å². The van der Waals surface area contributed by atoms with E-state index >= 15 is 0 Å². The van der Waals surface area contributed by atoms with Crippen LogP contribution >= 0.6 is 0 Å². The van der Waals surface area contributed by atoms with Crippen molar-refractivity contribution in [3.63, 3.8) is 0 Å². The van der Waals surface area contributed by atoms with Crippen molar-refractivity contribution in [3.8, 4) is 0 Å². The van der Waals surface area contributed by atoms with Crippen LogP contribution in [0.3, 0.4) is 0 Å². The van der Waals surface area contributed by atoms with Crippen LogP contribution in [0.15, 0.2) is 36.4 Å². The topological polar surface area (TPSA) is 54.9 Å². The van der Waals surface area contributed by atoms with Crippen LogP contribution < -0.4 is 5.32 Å². The number of aryl methyl sites for hydroxylation is 3. The Morgan fingerprint density at radius 2 is 2.00 bits per heavy atom. The second kappa shape index (κ2) is 6.80. The van der Waals surface area contributed by atoms with Gasteiger partial charge in [0.1, 0.15) is 0 Å². The minimum absolute atomic E-state index is 0.0360. The summed E-state index contributed by atoms with van der Waals surface area (Å²) in [5.41, 5.74) is 4.06. The number of nitrogens with zero attached hydrogens (tertiary/aromatic N) is 2. The quantitative estimate of drug-likeness (QED) is 0.906. The van der Waals surface area contributed by atoms with E-state index < -0.39 is 0 Å². The molecule has 0 saturated carbocycles. The number of carbonyl (C=O) groups is 1. The van der Waals surface area contributed by atoms with Crippen molar-refractivity contribution in [2.75, 3.05) is 0 Å². The SMILES string of the molecule is Cc1cccc(CCC(=O)NCc2ccc(C)nn2)c1. The molecule has 0 saturated heterocycles. The van der Waals surface area contributed by atoms with Crippen LogP contribution in [0, 0.1) is 13.8 Å². The predicted octanol–water partition coefficient (Wildman–Crippen LogP) is 2.34. The lowest BCUT2D eigenvalue weighted by molar-refractivity contribution is -0.121. The Bertz CT molecular complexity index is 579. The molecular formula is C16H19N3O. The monoisotopic (exact) mass is 269 g/mol. The Balaban J connectivity index is 1.77. The molecule has 1 N–H and O–H groups in total. The Hall–Kier alpha value is -2.23. The molecule has 4 heteroatoms. The van der Waals surface area contributed by atoms with Crippen LogP contribution in [0.2, 0.25) is 0 Å². The molecule has 1 amide bonds. The molecule has 2 aromatic rings. The van der Waals surface area contributed by atoms with Crippen LogP contribution in [0.4, 0.5) is 0 Å². The smallest absolute Gasteiger partial charge is 0.220 e. The molecular weight excluding hydrogens is 250 g/mol. The van der Waals surface area contributed by atoms with Gasteiger partial charge in [0.2, 0.25) is 5.91 Å². The van der Waals surface area contributed by atoms with Gasteiger partial charge in [-0.3, -0.25) is 4.79 Å². The van der Waals surface area contributed by atoms with Gasteiger partial charge in [0.25, 0.3) is 0 Å². The van der Waals surface area contributed by atoms with Gasteiger partial charge in [0, 0.05) is 6.42 Å². The average Bonchev–Trinajstić information content (AvgIpc) is 2.45. The van der Waals surface area contributed by atoms with E-state index in [-0.39, 0.29) is 5.91 Å². The molecule has 1 aromatic heterocycles. The summed E-state index contributed by atoms with van der Waals surface area (Å²) < 4.78 is 0. The molecule has 0 radical (unpaired) electrons. The zero-order valence-electron chi connectivity index (χ0n) is 11.9. The number of amides is 1. The number of hydrogen-bond acceptors (Lipinski definition) is 3. The predicted molar refractivity (Wildman–Crippen MR) is 78.1 cm³/mol. The molecule has 1 aromatic carbocycles. The van der Waals surface area contributed by atoms with Crippen LogP contribution in [0.25, 0.3) is 0 Å². The number of benzene rings is 1. The molecule has 2 rings (SSSR count). The van der Waals surface area contributed by atoms with E-state index in [1.54, 1.807) is 0 Å². The van der Waals surface area contributed by atoms with Gasteiger partial charge >= 0.3 is 0 Å². The third-order valence-electron chi connectivity index (χ3n) is 3.04. The van der Waals surface area contributed by atoms with Gasteiger partial charge in [0.05, 0.1) is 17.9 Å². The summed E-state index contributed by atoms with van der Waals surface area (Å²) in [4.78, 5) is 11.8. The molecule has 0 aliphatic carbocycles. The molecule has 0 fully saturated rings. The minimum Gasteiger partial charge on any atom is -0.350 e. The molecule has 20 heavy (non-hydrogen) atoms. The largest absolute Gasteiger partial charge is 0.350 e. The Morgan fingerprint density at radius 1 is 1.15 bits per heavy atom. The first-order valence-corrected chi connectivity index (χ1v) is 6.75. The van der Waals surface area contributed by atoms with E-state index in [1.807, 2.05) is 31.2 Å². The normalized spacial score (nSPS) is 10.3. The zero-order valence-corrected chi connectivity index (χ0v) is 11.9. The summed E-state index contributed by atoms with van der Waals surface area (Å²) >= 11 is 0. The Kier molecular flexibility index (Phi) is 4.82. The van der Waals surface area contributed by atoms with Gasteiger partial charge in [-0.15, -0.1) is 0 Å². The fourth-order valence-corrected chi connectivity index (χ4v) is 1.92. The summed E-state index contributed by atoms with van der Waals surface area (Å²) in [6.45, 7) is 4.37. The molecule has 4 nitrogen and oxygen atoms in total. The minimum atomic E-state index is 0.0360. The fourth-order valence-electron chi connectivity index (χ4n) is 1.92. The summed E-state index contributed by atoms with van der Waals surface area (Å²) in [6, 6.07) is 12.0. The second-order valence-electron chi connectivity index (χ2n) is 4.93. The standard InChI is InChI=1S/C16H19N3O/c1-12-4-3-5-14(10-12)7-9-16(20)17-11-15-8-6-13(2)18-19-15/h3-6,8,10H,7,9,11H2,1-2H3,(H,17,20). The van der Waals surface area contributed by atoms with Crippen molar-refractivity contribution >= 4 is 5.91 Å². The number of aromatic nitrogens is 2. The summed E-state index contributed by atoms with van der Waals surface area (Å²) in [7, 11) is 0. The van der Waals surface area contributed by atoms with Gasteiger partial charge in [0.15, 0.2) is 0 Å². The van der Waals surface area contributed by atoms with Gasteiger partial charge in [-0.25, -0.2) is 0 Å². The van der Waals surface area contributed by atoms with E-state index in [9.17, 15) is 4.79 Å². The van der Waals surface area contributed by atoms with Gasteiger partial charge in [-0.05, 0) is 38.0 Å². The van der Waals surface area contributed by atoms with E-state index in [1.165, 1.54) is 11.1 Å². The lowest BCUT2D eigenvalue weighted by Gasteiger charge is -2.05. The summed E-state index contributed by atoms with van der Waals surface area (Å²) in [5.74, 6) is 0.0360. The van der Waals surface area contributed by atoms with Crippen molar-refractivity contribution < 1.29 is 4.79 Å². The highest BCUT2D eigenvalue weighted by molar-refractivity contribution is 5.76. The van der Waals surface area contributed by atoms with Crippen LogP contribution in [0.5, 0.6) is 0 Å². The first kappa shape index (κ1) is 14.2. The van der Waals surface area contributed by atoms with Gasteiger partial charge in [-0.1, -0.05) is 29.8 Å². The molecule has 0 bridgehead atoms. The Morgan fingerprint density at radius 3 is 2.70 bits per heavy atom. The van der Waals surface area contributed by atoms with E-state index in [0.29, 0.717) is 13.0 Å². The first-order valence-electron chi connectivity index (χ1n) is 6.75. The van der Waals surface area contributed by atoms with Crippen LogP contribution in [0.1, 0.15) is 28.9 Å². The molecule has 0 aliphatic heterocycles. The number of rotatable bonds is 5. The second-order valence-corrected chi connectivity index (χ2v) is 4.93. The lowest BCUT2D eigenvalue weighted by Crippen LogP contribution is -2.23. The highest BCUT2D eigenvalue weighted by Gasteiger charge is 2.03. The van der Waals surface area contributed by atoms with Crippen molar-refractivity contribution in [1.29, 1.82) is 0 Å². The summed E-state index contributed by atoms with van der Waals surface area (Å²) in [5, 5.41) is 10.8. The van der Waals surface area contributed by atoms with E-state index in [4.69, 9.17) is 0 Å². The van der Waals surface area contributed by atoms with Crippen molar-refractivity contribution in [2.45, 2.75) is 33.2 Å². The first-order chi connectivity index (χ1) is 9.63.